The first-order chi connectivity index (χ1) is 8.41. The third kappa shape index (κ3) is 3.44. The number of rotatable bonds is 6. The highest BCUT2D eigenvalue weighted by molar-refractivity contribution is 7.91. The van der Waals surface area contributed by atoms with E-state index in [0.717, 1.165) is 4.88 Å². The second kappa shape index (κ2) is 6.17. The predicted octanol–water partition coefficient (Wildman–Crippen LogP) is 1.20. The molecular weight excluding hydrogens is 274 g/mol. The number of amidine groups is 1. The van der Waals surface area contributed by atoms with Gasteiger partial charge < -0.3 is 10.9 Å². The normalized spacial score (nSPS) is 13.2. The van der Waals surface area contributed by atoms with Gasteiger partial charge in [-0.1, -0.05) is 12.1 Å². The van der Waals surface area contributed by atoms with Crippen molar-refractivity contribution < 1.29 is 13.6 Å². The van der Waals surface area contributed by atoms with Crippen molar-refractivity contribution >= 4 is 27.2 Å². The van der Waals surface area contributed by atoms with E-state index in [1.54, 1.807) is 12.1 Å². The van der Waals surface area contributed by atoms with Gasteiger partial charge in [0.2, 0.25) is 0 Å². The molecule has 0 aromatic carbocycles. The summed E-state index contributed by atoms with van der Waals surface area (Å²) >= 11 is 1.21. The van der Waals surface area contributed by atoms with E-state index >= 15 is 0 Å². The lowest BCUT2D eigenvalue weighted by Gasteiger charge is -2.19. The van der Waals surface area contributed by atoms with Gasteiger partial charge in [-0.05, 0) is 25.5 Å². The van der Waals surface area contributed by atoms with E-state index in [1.165, 1.54) is 15.6 Å². The number of hydrogen-bond donors (Lipinski definition) is 2. The van der Waals surface area contributed by atoms with Crippen molar-refractivity contribution in [2.24, 2.45) is 10.9 Å². The maximum absolute atomic E-state index is 12.3. The van der Waals surface area contributed by atoms with E-state index in [2.05, 4.69) is 5.16 Å². The maximum atomic E-state index is 12.3. The summed E-state index contributed by atoms with van der Waals surface area (Å²) in [6.07, 6.45) is 0.655. The molecule has 0 aliphatic carbocycles. The Labute approximate surface area is 111 Å². The van der Waals surface area contributed by atoms with Crippen LogP contribution < -0.4 is 5.73 Å². The molecule has 0 fully saturated rings. The molecule has 1 aromatic heterocycles. The molecule has 0 bridgehead atoms. The number of oxime groups is 1. The standard InChI is InChI=1S/C10H17N3O3S2/c1-3-6-13(7-9(11)12-14)18(15,16)10-5-4-8(2)17-10/h4-5,14H,3,6-7H2,1-2H3,(H2,11,12). The quantitative estimate of drug-likeness (QED) is 0.356. The van der Waals surface area contributed by atoms with Crippen LogP contribution in [-0.2, 0) is 10.0 Å². The van der Waals surface area contributed by atoms with Gasteiger partial charge in [-0.3, -0.25) is 0 Å². The van der Waals surface area contributed by atoms with Crippen molar-refractivity contribution in [3.05, 3.63) is 17.0 Å². The van der Waals surface area contributed by atoms with E-state index in [1.807, 2.05) is 13.8 Å². The fourth-order valence-corrected chi connectivity index (χ4v) is 4.36. The van der Waals surface area contributed by atoms with Crippen molar-refractivity contribution in [1.82, 2.24) is 4.31 Å². The largest absolute Gasteiger partial charge is 0.409 e. The van der Waals surface area contributed by atoms with Gasteiger partial charge in [0.15, 0.2) is 5.84 Å². The Morgan fingerprint density at radius 2 is 2.22 bits per heavy atom. The van der Waals surface area contributed by atoms with Crippen LogP contribution in [0.4, 0.5) is 0 Å². The summed E-state index contributed by atoms with van der Waals surface area (Å²) in [7, 11) is -3.57. The van der Waals surface area contributed by atoms with Crippen LogP contribution >= 0.6 is 11.3 Å². The molecule has 102 valence electrons. The van der Waals surface area contributed by atoms with Gasteiger partial charge in [-0.25, -0.2) is 8.42 Å². The third-order valence-electron chi connectivity index (χ3n) is 2.25. The zero-order valence-corrected chi connectivity index (χ0v) is 12.0. The Kier molecular flexibility index (Phi) is 5.12. The topological polar surface area (TPSA) is 96.0 Å². The highest BCUT2D eigenvalue weighted by atomic mass is 32.2. The summed E-state index contributed by atoms with van der Waals surface area (Å²) < 4.78 is 26.2. The molecule has 1 aromatic rings. The van der Waals surface area contributed by atoms with Crippen molar-refractivity contribution in [1.29, 1.82) is 0 Å². The third-order valence-corrected chi connectivity index (χ3v) is 5.56. The van der Waals surface area contributed by atoms with Gasteiger partial charge in [-0.2, -0.15) is 4.31 Å². The molecule has 0 radical (unpaired) electrons. The van der Waals surface area contributed by atoms with E-state index < -0.39 is 10.0 Å². The van der Waals surface area contributed by atoms with Gasteiger partial charge in [0.05, 0.1) is 6.54 Å². The van der Waals surface area contributed by atoms with E-state index in [-0.39, 0.29) is 16.6 Å². The number of thiophene rings is 1. The molecule has 0 saturated heterocycles. The highest BCUT2D eigenvalue weighted by Crippen LogP contribution is 2.24. The van der Waals surface area contributed by atoms with Crippen LogP contribution in [0.15, 0.2) is 21.5 Å². The van der Waals surface area contributed by atoms with Crippen LogP contribution in [0.1, 0.15) is 18.2 Å². The second-order valence-electron chi connectivity index (χ2n) is 3.80. The zero-order chi connectivity index (χ0) is 13.8. The molecule has 0 spiro atoms. The Morgan fingerprint density at radius 1 is 1.56 bits per heavy atom. The Morgan fingerprint density at radius 3 is 2.67 bits per heavy atom. The molecule has 6 nitrogen and oxygen atoms in total. The Bertz CT molecular complexity index is 522. The number of nitrogens with two attached hydrogens (primary N) is 1. The second-order valence-corrected chi connectivity index (χ2v) is 7.25. The van der Waals surface area contributed by atoms with Gasteiger partial charge in [0, 0.05) is 11.4 Å². The lowest BCUT2D eigenvalue weighted by molar-refractivity contribution is 0.314. The molecule has 18 heavy (non-hydrogen) atoms. The average molecular weight is 291 g/mol. The smallest absolute Gasteiger partial charge is 0.252 e. The van der Waals surface area contributed by atoms with E-state index in [4.69, 9.17) is 10.9 Å². The molecule has 0 aliphatic rings. The number of nitrogens with zero attached hydrogens (tertiary/aromatic N) is 2. The molecule has 1 rings (SSSR count). The Balaban J connectivity index is 3.04. The first kappa shape index (κ1) is 14.9. The summed E-state index contributed by atoms with van der Waals surface area (Å²) in [5.41, 5.74) is 5.38. The summed E-state index contributed by atoms with van der Waals surface area (Å²) in [6.45, 7) is 3.94. The minimum atomic E-state index is -3.57. The van der Waals surface area contributed by atoms with Gasteiger partial charge in [0.1, 0.15) is 4.21 Å². The van der Waals surface area contributed by atoms with Crippen LogP contribution in [0.3, 0.4) is 0 Å². The van der Waals surface area contributed by atoms with Crippen molar-refractivity contribution in [3.8, 4) is 0 Å². The van der Waals surface area contributed by atoms with Crippen molar-refractivity contribution in [3.63, 3.8) is 0 Å². The van der Waals surface area contributed by atoms with Crippen molar-refractivity contribution in [2.75, 3.05) is 13.1 Å². The van der Waals surface area contributed by atoms with Crippen LogP contribution in [0, 0.1) is 6.92 Å². The first-order valence-electron chi connectivity index (χ1n) is 5.44. The predicted molar refractivity (Wildman–Crippen MR) is 71.5 cm³/mol. The van der Waals surface area contributed by atoms with Gasteiger partial charge in [0.25, 0.3) is 10.0 Å². The first-order valence-corrected chi connectivity index (χ1v) is 7.70. The molecular formula is C10H17N3O3S2. The molecule has 0 amide bonds. The fraction of sp³-hybridized carbons (Fsp3) is 0.500. The number of hydrogen-bond acceptors (Lipinski definition) is 5. The van der Waals surface area contributed by atoms with Crippen LogP contribution in [0.5, 0.6) is 0 Å². The van der Waals surface area contributed by atoms with Crippen molar-refractivity contribution in [2.45, 2.75) is 24.5 Å². The van der Waals surface area contributed by atoms with E-state index in [0.29, 0.717) is 13.0 Å². The Hall–Kier alpha value is -1.12. The zero-order valence-electron chi connectivity index (χ0n) is 10.3. The lowest BCUT2D eigenvalue weighted by Crippen LogP contribution is -2.38. The number of aryl methyl sites for hydroxylation is 1. The van der Waals surface area contributed by atoms with Crippen LogP contribution in [0.25, 0.3) is 0 Å². The maximum Gasteiger partial charge on any atom is 0.252 e. The fourth-order valence-electron chi connectivity index (χ4n) is 1.42. The van der Waals surface area contributed by atoms with E-state index in [9.17, 15) is 8.42 Å². The van der Waals surface area contributed by atoms with Crippen LogP contribution in [-0.4, -0.2) is 36.9 Å². The molecule has 0 saturated carbocycles. The molecule has 0 atom stereocenters. The molecule has 0 unspecified atom stereocenters. The minimum Gasteiger partial charge on any atom is -0.409 e. The molecule has 1 heterocycles. The highest BCUT2D eigenvalue weighted by Gasteiger charge is 2.26. The van der Waals surface area contributed by atoms with Crippen LogP contribution in [0.2, 0.25) is 0 Å². The molecule has 3 N–H and O–H groups in total. The minimum absolute atomic E-state index is 0.108. The monoisotopic (exact) mass is 291 g/mol. The summed E-state index contributed by atoms with van der Waals surface area (Å²) in [5.74, 6) is -0.125. The lowest BCUT2D eigenvalue weighted by atomic mass is 10.4. The van der Waals surface area contributed by atoms with Gasteiger partial charge in [-0.15, -0.1) is 11.3 Å². The summed E-state index contributed by atoms with van der Waals surface area (Å²) in [6, 6.07) is 3.33. The average Bonchev–Trinajstić information content (AvgIpc) is 2.75. The molecule has 8 heteroatoms. The number of sulfonamides is 1. The van der Waals surface area contributed by atoms with Gasteiger partial charge >= 0.3 is 0 Å². The summed E-state index contributed by atoms with van der Waals surface area (Å²) in [5, 5.41) is 11.4. The molecule has 0 aliphatic heterocycles. The summed E-state index contributed by atoms with van der Waals surface area (Å²) in [4.78, 5) is 0.925. The SMILES string of the molecule is CCCN(CC(N)=NO)S(=O)(=O)c1ccc(C)s1.